The molecular formula is C8H10N. The minimum Gasteiger partial charge on any atom is -0.316 e. The first-order valence-corrected chi connectivity index (χ1v) is 3.03. The highest BCUT2D eigenvalue weighted by atomic mass is 14.8. The van der Waals surface area contributed by atoms with Gasteiger partial charge in [0.25, 0.3) is 0 Å². The normalized spacial score (nSPS) is 9.44. The topological polar surface area (TPSA) is 12.0 Å². The largest absolute Gasteiger partial charge is 0.316 e. The Kier molecular flexibility index (Phi) is 2.28. The third-order valence-electron chi connectivity index (χ3n) is 1.17. The van der Waals surface area contributed by atoms with E-state index in [-0.39, 0.29) is 0 Å². The van der Waals surface area contributed by atoms with Gasteiger partial charge in [0.1, 0.15) is 0 Å². The molecule has 0 aliphatic heterocycles. The summed E-state index contributed by atoms with van der Waals surface area (Å²) in [7, 11) is 1.94. The fraction of sp³-hybridized carbons (Fsp3) is 0.250. The van der Waals surface area contributed by atoms with Gasteiger partial charge in [0.2, 0.25) is 0 Å². The Morgan fingerprint density at radius 1 is 1.44 bits per heavy atom. The number of rotatable bonds is 2. The Balaban J connectivity index is 2.61. The van der Waals surface area contributed by atoms with Crippen molar-refractivity contribution in [3.05, 3.63) is 35.9 Å². The lowest BCUT2D eigenvalue weighted by atomic mass is 10.2. The zero-order chi connectivity index (χ0) is 6.53. The van der Waals surface area contributed by atoms with Crippen molar-refractivity contribution in [3.63, 3.8) is 0 Å². The van der Waals surface area contributed by atoms with Gasteiger partial charge in [-0.1, -0.05) is 24.3 Å². The average molecular weight is 120 g/mol. The van der Waals surface area contributed by atoms with Crippen LogP contribution in [0.4, 0.5) is 0 Å². The summed E-state index contributed by atoms with van der Waals surface area (Å²) in [6.07, 6.45) is 0. The van der Waals surface area contributed by atoms with E-state index in [4.69, 9.17) is 0 Å². The summed E-state index contributed by atoms with van der Waals surface area (Å²) >= 11 is 0. The molecule has 1 aromatic rings. The molecule has 0 aromatic heterocycles. The Morgan fingerprint density at radius 3 is 2.67 bits per heavy atom. The predicted molar refractivity (Wildman–Crippen MR) is 38.0 cm³/mol. The van der Waals surface area contributed by atoms with E-state index in [2.05, 4.69) is 23.5 Å². The van der Waals surface area contributed by atoms with Crippen molar-refractivity contribution in [1.29, 1.82) is 0 Å². The molecule has 1 aromatic carbocycles. The molecule has 0 bridgehead atoms. The van der Waals surface area contributed by atoms with E-state index in [9.17, 15) is 0 Å². The van der Waals surface area contributed by atoms with Crippen LogP contribution in [0.25, 0.3) is 0 Å². The molecule has 0 amide bonds. The van der Waals surface area contributed by atoms with Gasteiger partial charge in [-0.15, -0.1) is 0 Å². The average Bonchev–Trinajstić information content (AvgIpc) is 1.91. The summed E-state index contributed by atoms with van der Waals surface area (Å²) < 4.78 is 0. The van der Waals surface area contributed by atoms with Gasteiger partial charge in [-0.2, -0.15) is 0 Å². The van der Waals surface area contributed by atoms with E-state index < -0.39 is 0 Å². The molecule has 1 N–H and O–H groups in total. The molecular weight excluding hydrogens is 110 g/mol. The lowest BCUT2D eigenvalue weighted by molar-refractivity contribution is 0.818. The van der Waals surface area contributed by atoms with Crippen molar-refractivity contribution >= 4 is 0 Å². The fourth-order valence-electron chi connectivity index (χ4n) is 0.743. The summed E-state index contributed by atoms with van der Waals surface area (Å²) in [6, 6.07) is 10.9. The van der Waals surface area contributed by atoms with Crippen LogP contribution in [-0.4, -0.2) is 7.05 Å². The SMILES string of the molecule is CNCc1cc[c]cc1. The summed E-state index contributed by atoms with van der Waals surface area (Å²) in [6.45, 7) is 0.939. The summed E-state index contributed by atoms with van der Waals surface area (Å²) in [5.41, 5.74) is 1.30. The van der Waals surface area contributed by atoms with E-state index in [0.29, 0.717) is 0 Å². The quantitative estimate of drug-likeness (QED) is 0.618. The molecule has 1 nitrogen and oxygen atoms in total. The van der Waals surface area contributed by atoms with Crippen molar-refractivity contribution in [2.75, 3.05) is 7.05 Å². The van der Waals surface area contributed by atoms with Crippen LogP contribution in [0.2, 0.25) is 0 Å². The molecule has 0 fully saturated rings. The molecule has 0 aliphatic carbocycles. The third-order valence-corrected chi connectivity index (χ3v) is 1.17. The minimum atomic E-state index is 0.939. The van der Waals surface area contributed by atoms with Gasteiger partial charge in [0, 0.05) is 6.54 Å². The molecule has 0 atom stereocenters. The molecule has 0 saturated carbocycles. The lowest BCUT2D eigenvalue weighted by Crippen LogP contribution is -2.04. The van der Waals surface area contributed by atoms with Crippen LogP contribution in [-0.2, 0) is 6.54 Å². The molecule has 0 unspecified atom stereocenters. The van der Waals surface area contributed by atoms with Crippen LogP contribution >= 0.6 is 0 Å². The number of hydrogen-bond donors (Lipinski definition) is 1. The van der Waals surface area contributed by atoms with E-state index in [1.54, 1.807) is 0 Å². The summed E-state index contributed by atoms with van der Waals surface area (Å²) in [4.78, 5) is 0. The van der Waals surface area contributed by atoms with Crippen molar-refractivity contribution in [1.82, 2.24) is 5.32 Å². The summed E-state index contributed by atoms with van der Waals surface area (Å²) in [5, 5.41) is 3.07. The van der Waals surface area contributed by atoms with Gasteiger partial charge in [-0.3, -0.25) is 0 Å². The van der Waals surface area contributed by atoms with Crippen LogP contribution in [0, 0.1) is 6.07 Å². The van der Waals surface area contributed by atoms with Gasteiger partial charge in [0.05, 0.1) is 0 Å². The van der Waals surface area contributed by atoms with E-state index >= 15 is 0 Å². The first-order valence-electron chi connectivity index (χ1n) is 3.03. The molecule has 0 saturated heterocycles. The maximum absolute atomic E-state index is 3.07. The smallest absolute Gasteiger partial charge is 0.0202 e. The van der Waals surface area contributed by atoms with Crippen LogP contribution in [0.3, 0.4) is 0 Å². The second-order valence-electron chi connectivity index (χ2n) is 1.94. The number of benzene rings is 1. The summed E-state index contributed by atoms with van der Waals surface area (Å²) in [5.74, 6) is 0. The van der Waals surface area contributed by atoms with Crippen LogP contribution < -0.4 is 5.32 Å². The highest BCUT2D eigenvalue weighted by molar-refractivity contribution is 5.13. The van der Waals surface area contributed by atoms with Crippen molar-refractivity contribution in [2.24, 2.45) is 0 Å². The van der Waals surface area contributed by atoms with Gasteiger partial charge in [0.15, 0.2) is 0 Å². The Morgan fingerprint density at radius 2 is 2.11 bits per heavy atom. The zero-order valence-electron chi connectivity index (χ0n) is 5.52. The first kappa shape index (κ1) is 6.30. The molecule has 1 rings (SSSR count). The van der Waals surface area contributed by atoms with Crippen molar-refractivity contribution in [2.45, 2.75) is 6.54 Å². The van der Waals surface area contributed by atoms with E-state index in [1.807, 2.05) is 19.2 Å². The highest BCUT2D eigenvalue weighted by Crippen LogP contribution is 1.95. The van der Waals surface area contributed by atoms with Gasteiger partial charge in [-0.25, -0.2) is 0 Å². The van der Waals surface area contributed by atoms with Crippen molar-refractivity contribution in [3.8, 4) is 0 Å². The second kappa shape index (κ2) is 3.25. The standard InChI is InChI=1S/C8H10N/c1-9-7-8-5-3-2-4-6-8/h3-6,9H,7H2,1H3. The predicted octanol–water partition coefficient (Wildman–Crippen LogP) is 1.21. The zero-order valence-corrected chi connectivity index (χ0v) is 5.52. The molecule has 9 heavy (non-hydrogen) atoms. The fourth-order valence-corrected chi connectivity index (χ4v) is 0.743. The van der Waals surface area contributed by atoms with Gasteiger partial charge >= 0.3 is 0 Å². The maximum Gasteiger partial charge on any atom is 0.0202 e. The second-order valence-corrected chi connectivity index (χ2v) is 1.94. The van der Waals surface area contributed by atoms with Gasteiger partial charge in [-0.05, 0) is 18.7 Å². The monoisotopic (exact) mass is 120 g/mol. The third kappa shape index (κ3) is 1.86. The number of hydrogen-bond acceptors (Lipinski definition) is 1. The molecule has 1 heteroatoms. The maximum atomic E-state index is 3.07. The Hall–Kier alpha value is -0.820. The van der Waals surface area contributed by atoms with Crippen molar-refractivity contribution < 1.29 is 0 Å². The molecule has 0 aliphatic rings. The first-order chi connectivity index (χ1) is 4.43. The van der Waals surface area contributed by atoms with Gasteiger partial charge < -0.3 is 5.32 Å². The molecule has 0 spiro atoms. The highest BCUT2D eigenvalue weighted by Gasteiger charge is 1.83. The minimum absolute atomic E-state index is 0.939. The lowest BCUT2D eigenvalue weighted by Gasteiger charge is -1.95. The van der Waals surface area contributed by atoms with Crippen LogP contribution in [0.15, 0.2) is 24.3 Å². The van der Waals surface area contributed by atoms with E-state index in [0.717, 1.165) is 6.54 Å². The Bertz CT molecular complexity index is 157. The molecule has 47 valence electrons. The molecule has 1 radical (unpaired) electrons. The number of nitrogens with one attached hydrogen (secondary N) is 1. The van der Waals surface area contributed by atoms with E-state index in [1.165, 1.54) is 5.56 Å². The van der Waals surface area contributed by atoms with Crippen LogP contribution in [0.5, 0.6) is 0 Å². The van der Waals surface area contributed by atoms with Crippen LogP contribution in [0.1, 0.15) is 5.56 Å². The Labute approximate surface area is 55.7 Å². The molecule has 0 heterocycles.